The smallest absolute Gasteiger partial charge is 0.344 e. The Balaban J connectivity index is 2.42. The highest BCUT2D eigenvalue weighted by atomic mass is 35.5. The predicted octanol–water partition coefficient (Wildman–Crippen LogP) is 2.02. The molecule has 0 bridgehead atoms. The third-order valence-electron chi connectivity index (χ3n) is 2.16. The third kappa shape index (κ3) is 5.97. The van der Waals surface area contributed by atoms with Gasteiger partial charge in [0, 0.05) is 13.1 Å². The summed E-state index contributed by atoms with van der Waals surface area (Å²) in [4.78, 5) is 33.4. The molecule has 0 heterocycles. The first-order chi connectivity index (χ1) is 10.3. The molecule has 0 aliphatic carbocycles. The summed E-state index contributed by atoms with van der Waals surface area (Å²) in [6, 6.07) is 2.00. The van der Waals surface area contributed by atoms with Gasteiger partial charge in [0.25, 0.3) is 5.91 Å². The molecular weight excluding hydrogens is 358 g/mol. The minimum absolute atomic E-state index is 0.142. The lowest BCUT2D eigenvalue weighted by Crippen LogP contribution is -2.40. The number of ether oxygens (including phenoxy) is 2. The molecule has 22 heavy (non-hydrogen) atoms. The van der Waals surface area contributed by atoms with Gasteiger partial charge in [-0.2, -0.15) is 0 Å². The maximum Gasteiger partial charge on any atom is 0.344 e. The second-order valence-electron chi connectivity index (χ2n) is 3.77. The Morgan fingerprint density at radius 1 is 1.05 bits per heavy atom. The first-order valence-corrected chi connectivity index (χ1v) is 6.91. The Bertz CT molecular complexity index is 594. The van der Waals surface area contributed by atoms with E-state index in [0.29, 0.717) is 0 Å². The van der Waals surface area contributed by atoms with Crippen molar-refractivity contribution in [2.24, 2.45) is 0 Å². The fourth-order valence-corrected chi connectivity index (χ4v) is 1.76. The number of amides is 3. The topological polar surface area (TPSA) is 93.7 Å². The summed E-state index contributed by atoms with van der Waals surface area (Å²) in [5.41, 5.74) is 0. The number of hydrogen-bond donors (Lipinski definition) is 2. The quantitative estimate of drug-likeness (QED) is 0.612. The monoisotopic (exact) mass is 368 g/mol. The molecule has 10 heteroatoms. The van der Waals surface area contributed by atoms with E-state index in [2.05, 4.69) is 10.1 Å². The lowest BCUT2D eigenvalue weighted by molar-refractivity contribution is -0.150. The standard InChI is InChI=1S/C12H11Cl3N2O5/c1-16-12(20)17-10(18)4-22-11(19)5-21-9-3-7(14)6(13)2-8(9)15/h2-3H,4-5H2,1H3,(H2,16,17,18,20). The molecule has 0 aliphatic heterocycles. The van der Waals surface area contributed by atoms with Crippen molar-refractivity contribution in [2.75, 3.05) is 20.3 Å². The van der Waals surface area contributed by atoms with E-state index in [-0.39, 0.29) is 20.8 Å². The molecule has 0 aliphatic rings. The van der Waals surface area contributed by atoms with Gasteiger partial charge in [-0.25, -0.2) is 9.59 Å². The number of esters is 1. The summed E-state index contributed by atoms with van der Waals surface area (Å²) in [7, 11) is 1.34. The average molecular weight is 370 g/mol. The molecule has 0 spiro atoms. The second-order valence-corrected chi connectivity index (χ2v) is 4.99. The zero-order chi connectivity index (χ0) is 16.7. The van der Waals surface area contributed by atoms with Gasteiger partial charge in [0.2, 0.25) is 0 Å². The first kappa shape index (κ1) is 18.3. The lowest BCUT2D eigenvalue weighted by atomic mass is 10.3. The Kier molecular flexibility index (Phi) is 7.23. The molecule has 0 unspecified atom stereocenters. The summed E-state index contributed by atoms with van der Waals surface area (Å²) >= 11 is 17.4. The van der Waals surface area contributed by atoms with Crippen molar-refractivity contribution in [3.8, 4) is 5.75 Å². The molecule has 0 saturated carbocycles. The van der Waals surface area contributed by atoms with Crippen LogP contribution in [0.3, 0.4) is 0 Å². The van der Waals surface area contributed by atoms with E-state index in [1.807, 2.05) is 5.32 Å². The average Bonchev–Trinajstić information content (AvgIpc) is 2.47. The van der Waals surface area contributed by atoms with Crippen LogP contribution in [-0.2, 0) is 14.3 Å². The van der Waals surface area contributed by atoms with Gasteiger partial charge in [-0.15, -0.1) is 0 Å². The molecule has 0 saturated heterocycles. The van der Waals surface area contributed by atoms with E-state index < -0.39 is 31.1 Å². The van der Waals surface area contributed by atoms with Crippen molar-refractivity contribution in [1.82, 2.24) is 10.6 Å². The first-order valence-electron chi connectivity index (χ1n) is 5.78. The van der Waals surface area contributed by atoms with Crippen LogP contribution in [0.25, 0.3) is 0 Å². The van der Waals surface area contributed by atoms with E-state index in [4.69, 9.17) is 39.5 Å². The lowest BCUT2D eigenvalue weighted by Gasteiger charge is -2.09. The maximum atomic E-state index is 11.4. The molecule has 7 nitrogen and oxygen atoms in total. The van der Waals surface area contributed by atoms with Crippen LogP contribution in [0.15, 0.2) is 12.1 Å². The molecule has 1 aromatic rings. The van der Waals surface area contributed by atoms with Crippen LogP contribution in [0.2, 0.25) is 15.1 Å². The van der Waals surface area contributed by atoms with Crippen molar-refractivity contribution in [3.63, 3.8) is 0 Å². The highest BCUT2D eigenvalue weighted by molar-refractivity contribution is 6.43. The van der Waals surface area contributed by atoms with E-state index in [1.165, 1.54) is 19.2 Å². The number of benzene rings is 1. The van der Waals surface area contributed by atoms with Crippen molar-refractivity contribution < 1.29 is 23.9 Å². The molecular formula is C12H11Cl3N2O5. The number of hydrogen-bond acceptors (Lipinski definition) is 5. The van der Waals surface area contributed by atoms with Crippen LogP contribution >= 0.6 is 34.8 Å². The van der Waals surface area contributed by atoms with Crippen LogP contribution in [0.1, 0.15) is 0 Å². The number of halogens is 3. The van der Waals surface area contributed by atoms with Crippen molar-refractivity contribution in [1.29, 1.82) is 0 Å². The minimum Gasteiger partial charge on any atom is -0.480 e. The largest absolute Gasteiger partial charge is 0.480 e. The number of urea groups is 1. The van der Waals surface area contributed by atoms with E-state index in [9.17, 15) is 14.4 Å². The Morgan fingerprint density at radius 2 is 1.68 bits per heavy atom. The Labute approximate surface area is 140 Å². The highest BCUT2D eigenvalue weighted by Crippen LogP contribution is 2.33. The number of imide groups is 1. The van der Waals surface area contributed by atoms with Gasteiger partial charge in [0.1, 0.15) is 5.75 Å². The van der Waals surface area contributed by atoms with Gasteiger partial charge in [0.15, 0.2) is 13.2 Å². The van der Waals surface area contributed by atoms with Crippen LogP contribution in [0.5, 0.6) is 5.75 Å². The van der Waals surface area contributed by atoms with Gasteiger partial charge >= 0.3 is 12.0 Å². The molecule has 120 valence electrons. The van der Waals surface area contributed by atoms with Crippen LogP contribution in [0.4, 0.5) is 4.79 Å². The van der Waals surface area contributed by atoms with Crippen molar-refractivity contribution >= 4 is 52.7 Å². The zero-order valence-electron chi connectivity index (χ0n) is 11.2. The number of carbonyl (C=O) groups excluding carboxylic acids is 3. The van der Waals surface area contributed by atoms with Gasteiger partial charge < -0.3 is 14.8 Å². The van der Waals surface area contributed by atoms with Gasteiger partial charge in [-0.3, -0.25) is 10.1 Å². The van der Waals surface area contributed by atoms with Crippen LogP contribution in [0, 0.1) is 0 Å². The Morgan fingerprint density at radius 3 is 2.32 bits per heavy atom. The van der Waals surface area contributed by atoms with Gasteiger partial charge in [-0.1, -0.05) is 34.8 Å². The molecule has 1 aromatic carbocycles. The highest BCUT2D eigenvalue weighted by Gasteiger charge is 2.12. The van der Waals surface area contributed by atoms with Crippen LogP contribution in [-0.4, -0.2) is 38.2 Å². The SMILES string of the molecule is CNC(=O)NC(=O)COC(=O)COc1cc(Cl)c(Cl)cc1Cl. The summed E-state index contributed by atoms with van der Waals surface area (Å²) in [6.45, 7) is -1.12. The Hall–Kier alpha value is -1.70. The van der Waals surface area contributed by atoms with E-state index >= 15 is 0 Å². The summed E-state index contributed by atoms with van der Waals surface area (Å²) in [5, 5.41) is 4.71. The second kappa shape index (κ2) is 8.67. The van der Waals surface area contributed by atoms with Gasteiger partial charge in [0.05, 0.1) is 15.1 Å². The van der Waals surface area contributed by atoms with E-state index in [1.54, 1.807) is 0 Å². The third-order valence-corrected chi connectivity index (χ3v) is 3.18. The summed E-state index contributed by atoms with van der Waals surface area (Å²) in [6.07, 6.45) is 0. The molecule has 3 amide bonds. The molecule has 0 radical (unpaired) electrons. The molecule has 0 fully saturated rings. The minimum atomic E-state index is -0.825. The normalized spacial score (nSPS) is 9.82. The fraction of sp³-hybridized carbons (Fsp3) is 0.250. The van der Waals surface area contributed by atoms with Crippen molar-refractivity contribution in [2.45, 2.75) is 0 Å². The van der Waals surface area contributed by atoms with E-state index in [0.717, 1.165) is 0 Å². The molecule has 0 aromatic heterocycles. The maximum absolute atomic E-state index is 11.4. The number of rotatable bonds is 5. The van der Waals surface area contributed by atoms with Crippen molar-refractivity contribution in [3.05, 3.63) is 27.2 Å². The number of carbonyl (C=O) groups is 3. The summed E-state index contributed by atoms with van der Waals surface area (Å²) < 4.78 is 9.72. The molecule has 2 N–H and O–H groups in total. The fourth-order valence-electron chi connectivity index (χ4n) is 1.16. The molecule has 0 atom stereocenters. The zero-order valence-corrected chi connectivity index (χ0v) is 13.5. The number of nitrogens with one attached hydrogen (secondary N) is 2. The summed E-state index contributed by atoms with van der Waals surface area (Å²) in [5.74, 6) is -1.46. The predicted molar refractivity (Wildman–Crippen MR) is 80.5 cm³/mol. The van der Waals surface area contributed by atoms with Crippen LogP contribution < -0.4 is 15.4 Å². The molecule has 1 rings (SSSR count). The van der Waals surface area contributed by atoms with Gasteiger partial charge in [-0.05, 0) is 6.07 Å².